The van der Waals surface area contributed by atoms with Crippen LogP contribution in [0.15, 0.2) is 0 Å². The second kappa shape index (κ2) is 8.11. The van der Waals surface area contributed by atoms with E-state index < -0.39 is 0 Å². The first-order valence-electron chi connectivity index (χ1n) is 3.88. The summed E-state index contributed by atoms with van der Waals surface area (Å²) in [5.41, 5.74) is 0. The van der Waals surface area contributed by atoms with E-state index in [0.717, 1.165) is 0 Å². The fraction of sp³-hybridized carbons (Fsp3) is 0.667. The van der Waals surface area contributed by atoms with Crippen molar-refractivity contribution in [3.63, 3.8) is 0 Å². The van der Waals surface area contributed by atoms with Gasteiger partial charge >= 0.3 is 0 Å². The molecule has 0 saturated heterocycles. The van der Waals surface area contributed by atoms with Crippen LogP contribution in [0.2, 0.25) is 0 Å². The molecule has 0 rings (SSSR count). The number of ketones is 3. The zero-order valence-electron chi connectivity index (χ0n) is 8.14. The van der Waals surface area contributed by atoms with Gasteiger partial charge in [0, 0.05) is 6.42 Å². The van der Waals surface area contributed by atoms with Crippen LogP contribution in [-0.2, 0) is 14.4 Å². The average molecular weight is 172 g/mol. The predicted molar refractivity (Wildman–Crippen MR) is 47.0 cm³/mol. The van der Waals surface area contributed by atoms with Crippen LogP contribution in [0, 0.1) is 0 Å². The number of hydrogen-bond donors (Lipinski definition) is 0. The van der Waals surface area contributed by atoms with Gasteiger partial charge in [0.1, 0.15) is 17.3 Å². The van der Waals surface area contributed by atoms with E-state index in [9.17, 15) is 14.4 Å². The normalized spacial score (nSPS) is 8.00. The van der Waals surface area contributed by atoms with Gasteiger partial charge < -0.3 is 4.79 Å². The van der Waals surface area contributed by atoms with Crippen molar-refractivity contribution in [2.24, 2.45) is 0 Å². The maximum atomic E-state index is 10.0. The second-order valence-corrected chi connectivity index (χ2v) is 2.64. The third-order valence-electron chi connectivity index (χ3n) is 0.996. The zero-order chi connectivity index (χ0) is 10.1. The van der Waals surface area contributed by atoms with Gasteiger partial charge in [-0.3, -0.25) is 9.59 Å². The van der Waals surface area contributed by atoms with Crippen LogP contribution in [0.25, 0.3) is 0 Å². The smallest absolute Gasteiger partial charge is 0.137 e. The number of hydrogen-bond acceptors (Lipinski definition) is 3. The Morgan fingerprint density at radius 1 is 0.833 bits per heavy atom. The van der Waals surface area contributed by atoms with Gasteiger partial charge in [-0.05, 0) is 20.8 Å². The first-order chi connectivity index (χ1) is 5.40. The molecule has 0 amide bonds. The molecular formula is C9H16O3. The molecule has 0 aliphatic rings. The van der Waals surface area contributed by atoms with Gasteiger partial charge in [0.05, 0.1) is 6.42 Å². The molecule has 0 spiro atoms. The van der Waals surface area contributed by atoms with Gasteiger partial charge in [-0.2, -0.15) is 0 Å². The zero-order valence-corrected chi connectivity index (χ0v) is 8.14. The van der Waals surface area contributed by atoms with Crippen LogP contribution in [0.5, 0.6) is 0 Å². The summed E-state index contributed by atoms with van der Waals surface area (Å²) in [4.78, 5) is 29.9. The van der Waals surface area contributed by atoms with Gasteiger partial charge in [-0.25, -0.2) is 0 Å². The topological polar surface area (TPSA) is 51.2 Å². The summed E-state index contributed by atoms with van der Waals surface area (Å²) in [6, 6.07) is 0. The van der Waals surface area contributed by atoms with Crippen LogP contribution in [0.4, 0.5) is 0 Å². The molecule has 0 fully saturated rings. The Balaban J connectivity index is 0. The van der Waals surface area contributed by atoms with Gasteiger partial charge in [0.25, 0.3) is 0 Å². The van der Waals surface area contributed by atoms with E-state index in [1.165, 1.54) is 13.8 Å². The Labute approximate surface area is 73.1 Å². The summed E-state index contributed by atoms with van der Waals surface area (Å²) in [6.07, 6.45) is 0.750. The molecule has 0 unspecified atom stereocenters. The van der Waals surface area contributed by atoms with Crippen molar-refractivity contribution >= 4 is 17.3 Å². The predicted octanol–water partition coefficient (Wildman–Crippen LogP) is 1.54. The number of carbonyl (C=O) groups excluding carboxylic acids is 3. The molecule has 3 nitrogen and oxygen atoms in total. The highest BCUT2D eigenvalue weighted by atomic mass is 16.1. The molecular weight excluding hydrogens is 156 g/mol. The van der Waals surface area contributed by atoms with Crippen LogP contribution < -0.4 is 0 Å². The van der Waals surface area contributed by atoms with Crippen LogP contribution in [-0.4, -0.2) is 17.3 Å². The van der Waals surface area contributed by atoms with Gasteiger partial charge in [0.2, 0.25) is 0 Å². The van der Waals surface area contributed by atoms with E-state index in [0.29, 0.717) is 6.42 Å². The first-order valence-corrected chi connectivity index (χ1v) is 3.88. The van der Waals surface area contributed by atoms with Crippen LogP contribution in [0.3, 0.4) is 0 Å². The van der Waals surface area contributed by atoms with E-state index in [1.807, 2.05) is 6.92 Å². The number of rotatable bonds is 3. The molecule has 0 heterocycles. The molecule has 0 aliphatic carbocycles. The molecule has 70 valence electrons. The molecule has 3 heteroatoms. The number of carbonyl (C=O) groups is 3. The summed E-state index contributed by atoms with van der Waals surface area (Å²) >= 11 is 0. The minimum atomic E-state index is -0.0625. The van der Waals surface area contributed by atoms with E-state index in [1.54, 1.807) is 6.92 Å². The highest BCUT2D eigenvalue weighted by Crippen LogP contribution is 1.80. The molecule has 0 N–H and O–H groups in total. The van der Waals surface area contributed by atoms with Crippen LogP contribution in [0.1, 0.15) is 40.5 Å². The summed E-state index contributed by atoms with van der Waals surface area (Å²) in [5.74, 6) is 0.130. The lowest BCUT2D eigenvalue weighted by atomic mass is 10.2. The van der Waals surface area contributed by atoms with E-state index >= 15 is 0 Å². The average Bonchev–Trinajstić information content (AvgIpc) is 1.85. The van der Waals surface area contributed by atoms with Crippen molar-refractivity contribution in [1.82, 2.24) is 0 Å². The molecule has 12 heavy (non-hydrogen) atoms. The van der Waals surface area contributed by atoms with Crippen molar-refractivity contribution in [3.8, 4) is 0 Å². The summed E-state index contributed by atoms with van der Waals surface area (Å²) in [7, 11) is 0. The van der Waals surface area contributed by atoms with Gasteiger partial charge in [-0.1, -0.05) is 6.92 Å². The van der Waals surface area contributed by atoms with Crippen molar-refractivity contribution < 1.29 is 14.4 Å². The lowest BCUT2D eigenvalue weighted by Gasteiger charge is -1.81. The molecule has 0 saturated carbocycles. The van der Waals surface area contributed by atoms with Gasteiger partial charge in [0.15, 0.2) is 0 Å². The molecule has 0 aromatic rings. The summed E-state index contributed by atoms with van der Waals surface area (Å²) in [6.45, 7) is 6.24. The van der Waals surface area contributed by atoms with Crippen molar-refractivity contribution in [2.45, 2.75) is 40.5 Å². The second-order valence-electron chi connectivity index (χ2n) is 2.64. The summed E-state index contributed by atoms with van der Waals surface area (Å²) < 4.78 is 0. The van der Waals surface area contributed by atoms with Crippen LogP contribution >= 0.6 is 0 Å². The molecule has 0 aliphatic heterocycles. The third-order valence-corrected chi connectivity index (χ3v) is 0.996. The van der Waals surface area contributed by atoms with E-state index in [2.05, 4.69) is 0 Å². The Morgan fingerprint density at radius 3 is 1.08 bits per heavy atom. The quantitative estimate of drug-likeness (QED) is 0.607. The SMILES string of the molecule is CC(=O)CC(C)=O.CCC(C)=O. The van der Waals surface area contributed by atoms with Crippen molar-refractivity contribution in [2.75, 3.05) is 0 Å². The number of Topliss-reactive ketones (excluding diaryl/α,β-unsaturated/α-hetero) is 3. The fourth-order valence-electron chi connectivity index (χ4n) is 0.351. The lowest BCUT2D eigenvalue weighted by molar-refractivity contribution is -0.124. The highest BCUT2D eigenvalue weighted by molar-refractivity contribution is 5.96. The Bertz CT molecular complexity index is 159. The first kappa shape index (κ1) is 13.6. The fourth-order valence-corrected chi connectivity index (χ4v) is 0.351. The lowest BCUT2D eigenvalue weighted by Crippen LogP contribution is -1.97. The maximum absolute atomic E-state index is 10.0. The molecule has 0 aromatic carbocycles. The van der Waals surface area contributed by atoms with E-state index in [4.69, 9.17) is 0 Å². The maximum Gasteiger partial charge on any atom is 0.137 e. The Morgan fingerprint density at radius 2 is 1.08 bits per heavy atom. The monoisotopic (exact) mass is 172 g/mol. The highest BCUT2D eigenvalue weighted by Gasteiger charge is 1.94. The molecule has 0 radical (unpaired) electrons. The Hall–Kier alpha value is -0.990. The molecule has 0 aromatic heterocycles. The largest absolute Gasteiger partial charge is 0.300 e. The third kappa shape index (κ3) is 23.0. The van der Waals surface area contributed by atoms with E-state index in [-0.39, 0.29) is 23.8 Å². The standard InChI is InChI=1S/C5H8O2.C4H8O/c1-4(6)3-5(2)7;1-3-4(2)5/h3H2,1-2H3;3H2,1-2H3. The molecule has 0 bridgehead atoms. The Kier molecular flexibility index (Phi) is 9.18. The van der Waals surface area contributed by atoms with Crippen molar-refractivity contribution in [3.05, 3.63) is 0 Å². The minimum Gasteiger partial charge on any atom is -0.300 e. The van der Waals surface area contributed by atoms with Crippen molar-refractivity contribution in [1.29, 1.82) is 0 Å². The van der Waals surface area contributed by atoms with Gasteiger partial charge in [-0.15, -0.1) is 0 Å². The summed E-state index contributed by atoms with van der Waals surface area (Å²) in [5, 5.41) is 0. The minimum absolute atomic E-state index is 0.0625. The molecule has 0 atom stereocenters.